The van der Waals surface area contributed by atoms with Gasteiger partial charge in [-0.25, -0.2) is 4.98 Å². The van der Waals surface area contributed by atoms with Crippen molar-refractivity contribution < 1.29 is 61.7 Å². The predicted octanol–water partition coefficient (Wildman–Crippen LogP) is 6.11. The van der Waals surface area contributed by atoms with Crippen molar-refractivity contribution in [3.8, 4) is 17.4 Å². The molecule has 2 aliphatic rings. The van der Waals surface area contributed by atoms with Crippen molar-refractivity contribution in [1.82, 2.24) is 10.0 Å². The van der Waals surface area contributed by atoms with Crippen LogP contribution >= 0.6 is 0 Å². The zero-order valence-corrected chi connectivity index (χ0v) is 20.3. The normalized spacial score (nSPS) is 22.8. The highest BCUT2D eigenvalue weighted by atomic mass is 32.2. The predicted molar refractivity (Wildman–Crippen MR) is 114 cm³/mol. The molecule has 4 rings (SSSR count). The molecule has 17 heteroatoms. The molecule has 0 radical (unpaired) electrons. The number of alkyl halides is 9. The molecule has 0 saturated carbocycles. The van der Waals surface area contributed by atoms with Crippen molar-refractivity contribution in [3.63, 3.8) is 0 Å². The molecule has 0 amide bonds. The number of rotatable bonds is 6. The van der Waals surface area contributed by atoms with E-state index in [-0.39, 0.29) is 36.9 Å². The number of hydrogen-bond acceptors (Lipinski definition) is 7. The van der Waals surface area contributed by atoms with Crippen LogP contribution < -0.4 is 13.8 Å². The molecule has 216 valence electrons. The highest BCUT2D eigenvalue weighted by molar-refractivity contribution is 7.88. The van der Waals surface area contributed by atoms with Crippen molar-refractivity contribution in [2.45, 2.75) is 68.2 Å². The van der Waals surface area contributed by atoms with E-state index in [1.807, 2.05) is 0 Å². The zero-order chi connectivity index (χ0) is 28.8. The van der Waals surface area contributed by atoms with Gasteiger partial charge < -0.3 is 13.8 Å². The maximum absolute atomic E-state index is 13.1. The van der Waals surface area contributed by atoms with Crippen molar-refractivity contribution in [2.75, 3.05) is 0 Å². The lowest BCUT2D eigenvalue weighted by Gasteiger charge is -2.46. The molecule has 1 aromatic carbocycles. The first-order chi connectivity index (χ1) is 17.9. The minimum Gasteiger partial charge on any atom is -0.486 e. The third-order valence-corrected chi connectivity index (χ3v) is 7.14. The Hall–Kier alpha value is -2.95. The lowest BCUT2D eigenvalue weighted by Crippen LogP contribution is -2.55. The highest BCUT2D eigenvalue weighted by Crippen LogP contribution is 2.42. The molecule has 1 aromatic heterocycles. The maximum atomic E-state index is 13.1. The molecule has 3 heterocycles. The molecule has 2 aliphatic heterocycles. The summed E-state index contributed by atoms with van der Waals surface area (Å²) in [6.45, 7) is 0. The SMILES string of the molecule is O=S(=O)(Oc1cc(C(F)(F)F)ccc1OC1C[C@H]2CCC[C@@H](C1)N2Oc1ccc(C(F)(F)F)cn1)C(F)(F)F. The Kier molecular flexibility index (Phi) is 7.61. The van der Waals surface area contributed by atoms with Crippen LogP contribution in [-0.2, 0) is 22.5 Å². The monoisotopic (exact) mass is 594 g/mol. The van der Waals surface area contributed by atoms with Gasteiger partial charge in [-0.05, 0) is 37.1 Å². The molecule has 2 fully saturated rings. The zero-order valence-electron chi connectivity index (χ0n) is 19.5. The quantitative estimate of drug-likeness (QED) is 0.227. The third kappa shape index (κ3) is 6.62. The molecule has 1 unspecified atom stereocenters. The van der Waals surface area contributed by atoms with Crippen LogP contribution in [0.5, 0.6) is 17.4 Å². The van der Waals surface area contributed by atoms with Crippen LogP contribution in [0.3, 0.4) is 0 Å². The number of ether oxygens (including phenoxy) is 1. The summed E-state index contributed by atoms with van der Waals surface area (Å²) < 4.78 is 149. The van der Waals surface area contributed by atoms with Gasteiger partial charge in [-0.2, -0.15) is 47.9 Å². The summed E-state index contributed by atoms with van der Waals surface area (Å²) in [7, 11) is -6.30. The molecule has 2 saturated heterocycles. The van der Waals surface area contributed by atoms with E-state index in [2.05, 4.69) is 9.17 Å². The average Bonchev–Trinajstić information content (AvgIpc) is 2.79. The number of pyridine rings is 1. The molecular weight excluding hydrogens is 575 g/mol. The maximum Gasteiger partial charge on any atom is 0.534 e. The molecule has 3 atom stereocenters. The standard InChI is InChI=1S/C22H19F9N2O5S/c23-20(24,25)12-4-6-17(18(8-12)38-39(34,35)22(29,30)31)36-16-9-14-2-1-3-15(10-16)33(14)37-19-7-5-13(11-32-19)21(26,27)28/h4-8,11,14-16H,1-3,9-10H2/t14-,15+,16?. The molecule has 0 N–H and O–H groups in total. The number of hydrogen-bond donors (Lipinski definition) is 0. The van der Waals surface area contributed by atoms with Gasteiger partial charge in [-0.1, -0.05) is 6.42 Å². The van der Waals surface area contributed by atoms with Gasteiger partial charge in [0.05, 0.1) is 11.1 Å². The first kappa shape index (κ1) is 29.0. The van der Waals surface area contributed by atoms with Gasteiger partial charge in [-0.15, -0.1) is 5.06 Å². The lowest BCUT2D eigenvalue weighted by molar-refractivity contribution is -0.185. The summed E-state index contributed by atoms with van der Waals surface area (Å²) in [5, 5.41) is 1.54. The number of halogens is 9. The van der Waals surface area contributed by atoms with Crippen LogP contribution in [0.4, 0.5) is 39.5 Å². The summed E-state index contributed by atoms with van der Waals surface area (Å²) in [4.78, 5) is 9.39. The fourth-order valence-corrected chi connectivity index (χ4v) is 4.90. The van der Waals surface area contributed by atoms with Crippen LogP contribution in [0.2, 0.25) is 0 Å². The number of nitrogens with zero attached hydrogens (tertiary/aromatic N) is 2. The summed E-state index contributed by atoms with van der Waals surface area (Å²) >= 11 is 0. The summed E-state index contributed by atoms with van der Waals surface area (Å²) in [6.07, 6.45) is -7.63. The number of benzene rings is 1. The second-order valence-electron chi connectivity index (χ2n) is 8.93. The van der Waals surface area contributed by atoms with Crippen molar-refractivity contribution in [2.24, 2.45) is 0 Å². The largest absolute Gasteiger partial charge is 0.534 e. The van der Waals surface area contributed by atoms with Gasteiger partial charge in [0.2, 0.25) is 5.88 Å². The first-order valence-electron chi connectivity index (χ1n) is 11.3. The summed E-state index contributed by atoms with van der Waals surface area (Å²) in [5.74, 6) is -2.02. The Morgan fingerprint density at radius 1 is 0.821 bits per heavy atom. The van der Waals surface area contributed by atoms with Gasteiger partial charge in [0, 0.05) is 37.2 Å². The van der Waals surface area contributed by atoms with E-state index in [1.165, 1.54) is 5.06 Å². The Balaban J connectivity index is 1.52. The van der Waals surface area contributed by atoms with Crippen LogP contribution in [0.15, 0.2) is 36.5 Å². The van der Waals surface area contributed by atoms with Gasteiger partial charge >= 0.3 is 28.0 Å². The molecule has 2 aromatic rings. The smallest absolute Gasteiger partial charge is 0.486 e. The average molecular weight is 594 g/mol. The fourth-order valence-electron chi connectivity index (χ4n) is 4.44. The van der Waals surface area contributed by atoms with Crippen molar-refractivity contribution >= 4 is 10.1 Å². The van der Waals surface area contributed by atoms with Crippen LogP contribution in [-0.4, -0.2) is 42.2 Å². The molecular formula is C22H19F9N2O5S. The minimum atomic E-state index is -6.30. The van der Waals surface area contributed by atoms with Gasteiger partial charge in [0.25, 0.3) is 0 Å². The Bertz CT molecular complexity index is 1270. The third-order valence-electron chi connectivity index (χ3n) is 6.17. The lowest BCUT2D eigenvalue weighted by atomic mass is 9.84. The van der Waals surface area contributed by atoms with Crippen molar-refractivity contribution in [3.05, 3.63) is 47.7 Å². The van der Waals surface area contributed by atoms with E-state index in [0.29, 0.717) is 31.2 Å². The van der Waals surface area contributed by atoms with Gasteiger partial charge in [0.15, 0.2) is 11.5 Å². The van der Waals surface area contributed by atoms with E-state index < -0.39 is 56.7 Å². The van der Waals surface area contributed by atoms with Crippen LogP contribution in [0, 0.1) is 0 Å². The molecule has 0 spiro atoms. The van der Waals surface area contributed by atoms with Crippen molar-refractivity contribution in [1.29, 1.82) is 0 Å². The number of piperidine rings is 2. The Labute approximate surface area is 215 Å². The topological polar surface area (TPSA) is 78.0 Å². The highest BCUT2D eigenvalue weighted by Gasteiger charge is 2.49. The Morgan fingerprint density at radius 2 is 1.41 bits per heavy atom. The van der Waals surface area contributed by atoms with E-state index in [9.17, 15) is 47.9 Å². The van der Waals surface area contributed by atoms with Crippen LogP contribution in [0.1, 0.15) is 43.2 Å². The second-order valence-corrected chi connectivity index (χ2v) is 10.5. The number of aromatic nitrogens is 1. The van der Waals surface area contributed by atoms with Crippen LogP contribution in [0.25, 0.3) is 0 Å². The number of fused-ring (bicyclic) bond motifs is 2. The molecule has 0 aliphatic carbocycles. The second kappa shape index (κ2) is 10.2. The van der Waals surface area contributed by atoms with Gasteiger partial charge in [0.1, 0.15) is 6.10 Å². The summed E-state index contributed by atoms with van der Waals surface area (Å²) in [6, 6.07) is 2.37. The number of hydroxylamine groups is 2. The first-order valence-corrected chi connectivity index (χ1v) is 12.7. The minimum absolute atomic E-state index is 0.102. The van der Waals surface area contributed by atoms with E-state index in [0.717, 1.165) is 18.6 Å². The van der Waals surface area contributed by atoms with E-state index >= 15 is 0 Å². The molecule has 39 heavy (non-hydrogen) atoms. The molecule has 7 nitrogen and oxygen atoms in total. The van der Waals surface area contributed by atoms with Gasteiger partial charge in [-0.3, -0.25) is 0 Å². The summed E-state index contributed by atoms with van der Waals surface area (Å²) in [5.41, 5.74) is -8.32. The van der Waals surface area contributed by atoms with E-state index in [4.69, 9.17) is 9.57 Å². The fraction of sp³-hybridized carbons (Fsp3) is 0.500. The Morgan fingerprint density at radius 3 is 1.92 bits per heavy atom. The molecule has 2 bridgehead atoms. The van der Waals surface area contributed by atoms with E-state index in [1.54, 1.807) is 0 Å².